The van der Waals surface area contributed by atoms with E-state index in [1.165, 1.54) is 5.56 Å². The molecule has 1 heterocycles. The molecule has 0 amide bonds. The van der Waals surface area contributed by atoms with Crippen molar-refractivity contribution in [2.45, 2.75) is 26.4 Å². The molecule has 2 rings (SSSR count). The fraction of sp³-hybridized carbons (Fsp3) is 0.312. The third kappa shape index (κ3) is 3.50. The minimum Gasteiger partial charge on any atom is -0.366 e. The maximum atomic E-state index is 6.40. The van der Waals surface area contributed by atoms with Gasteiger partial charge in [-0.25, -0.2) is 0 Å². The maximum Gasteiger partial charge on any atom is 0.0643 e. The Bertz CT molecular complexity index is 555. The lowest BCUT2D eigenvalue weighted by molar-refractivity contribution is 0.810. The van der Waals surface area contributed by atoms with Crippen LogP contribution < -0.4 is 10.6 Å². The molecule has 0 bridgehead atoms. The van der Waals surface area contributed by atoms with Crippen molar-refractivity contribution in [3.05, 3.63) is 58.9 Å². The SMILES string of the molecule is CCN(Cc1ccncc1)c1ccc(C(C)N)cc1Cl. The molecular weight excluding hydrogens is 270 g/mol. The van der Waals surface area contributed by atoms with Crippen molar-refractivity contribution in [3.63, 3.8) is 0 Å². The van der Waals surface area contributed by atoms with Gasteiger partial charge in [-0.3, -0.25) is 4.98 Å². The van der Waals surface area contributed by atoms with Crippen LogP contribution in [0.15, 0.2) is 42.7 Å². The van der Waals surface area contributed by atoms with Crippen molar-refractivity contribution in [2.75, 3.05) is 11.4 Å². The van der Waals surface area contributed by atoms with E-state index in [1.807, 2.05) is 49.6 Å². The summed E-state index contributed by atoms with van der Waals surface area (Å²) in [6, 6.07) is 10.1. The zero-order valence-corrected chi connectivity index (χ0v) is 12.6. The number of pyridine rings is 1. The van der Waals surface area contributed by atoms with Gasteiger partial charge in [0, 0.05) is 31.5 Å². The summed E-state index contributed by atoms with van der Waals surface area (Å²) in [7, 11) is 0. The number of halogens is 1. The molecule has 0 saturated heterocycles. The number of nitrogens with two attached hydrogens (primary N) is 1. The Morgan fingerprint density at radius 2 is 1.95 bits per heavy atom. The average Bonchev–Trinajstić information content (AvgIpc) is 2.46. The number of anilines is 1. The Balaban J connectivity index is 2.23. The summed E-state index contributed by atoms with van der Waals surface area (Å²) in [6.45, 7) is 5.78. The van der Waals surface area contributed by atoms with Crippen molar-refractivity contribution in [1.29, 1.82) is 0 Å². The second-order valence-electron chi connectivity index (χ2n) is 4.87. The summed E-state index contributed by atoms with van der Waals surface area (Å²) >= 11 is 6.40. The highest BCUT2D eigenvalue weighted by Gasteiger charge is 2.11. The van der Waals surface area contributed by atoms with Crippen LogP contribution in [0.2, 0.25) is 5.02 Å². The number of aromatic nitrogens is 1. The third-order valence-corrected chi connectivity index (χ3v) is 3.65. The number of rotatable bonds is 5. The van der Waals surface area contributed by atoms with Crippen LogP contribution in [0.4, 0.5) is 5.69 Å². The smallest absolute Gasteiger partial charge is 0.0643 e. The van der Waals surface area contributed by atoms with E-state index in [4.69, 9.17) is 17.3 Å². The van der Waals surface area contributed by atoms with Crippen molar-refractivity contribution < 1.29 is 0 Å². The summed E-state index contributed by atoms with van der Waals surface area (Å²) in [5.41, 5.74) is 9.19. The molecule has 0 fully saturated rings. The van der Waals surface area contributed by atoms with E-state index < -0.39 is 0 Å². The Hall–Kier alpha value is -1.58. The van der Waals surface area contributed by atoms with Gasteiger partial charge < -0.3 is 10.6 Å². The molecule has 0 saturated carbocycles. The van der Waals surface area contributed by atoms with E-state index in [9.17, 15) is 0 Å². The predicted octanol–water partition coefficient (Wildman–Crippen LogP) is 3.78. The number of hydrogen-bond acceptors (Lipinski definition) is 3. The zero-order chi connectivity index (χ0) is 14.5. The van der Waals surface area contributed by atoms with Crippen LogP contribution in [0.5, 0.6) is 0 Å². The molecule has 1 aromatic heterocycles. The second kappa shape index (κ2) is 6.73. The van der Waals surface area contributed by atoms with E-state index in [0.29, 0.717) is 0 Å². The average molecular weight is 290 g/mol. The summed E-state index contributed by atoms with van der Waals surface area (Å²) in [4.78, 5) is 6.28. The van der Waals surface area contributed by atoms with E-state index >= 15 is 0 Å². The first kappa shape index (κ1) is 14.8. The number of nitrogens with zero attached hydrogens (tertiary/aromatic N) is 2. The van der Waals surface area contributed by atoms with Gasteiger partial charge in [-0.1, -0.05) is 17.7 Å². The molecule has 0 radical (unpaired) electrons. The maximum absolute atomic E-state index is 6.40. The van der Waals surface area contributed by atoms with Crippen molar-refractivity contribution in [3.8, 4) is 0 Å². The molecule has 1 aromatic carbocycles. The summed E-state index contributed by atoms with van der Waals surface area (Å²) < 4.78 is 0. The first-order valence-electron chi connectivity index (χ1n) is 6.80. The fourth-order valence-corrected chi connectivity index (χ4v) is 2.45. The standard InChI is InChI=1S/C16H20ClN3/c1-3-20(11-13-6-8-19-9-7-13)16-5-4-14(12(2)18)10-15(16)17/h4-10,12H,3,11,18H2,1-2H3. The molecular formula is C16H20ClN3. The Morgan fingerprint density at radius 1 is 1.25 bits per heavy atom. The molecule has 2 aromatic rings. The Labute approximate surface area is 125 Å². The lowest BCUT2D eigenvalue weighted by atomic mass is 10.1. The van der Waals surface area contributed by atoms with Crippen molar-refractivity contribution in [2.24, 2.45) is 5.73 Å². The van der Waals surface area contributed by atoms with E-state index in [2.05, 4.69) is 16.8 Å². The molecule has 1 atom stereocenters. The van der Waals surface area contributed by atoms with Crippen LogP contribution in [0.25, 0.3) is 0 Å². The van der Waals surface area contributed by atoms with Gasteiger partial charge >= 0.3 is 0 Å². The molecule has 2 N–H and O–H groups in total. The minimum absolute atomic E-state index is 0.00294. The first-order valence-corrected chi connectivity index (χ1v) is 7.18. The van der Waals surface area contributed by atoms with Crippen molar-refractivity contribution in [1.82, 2.24) is 4.98 Å². The zero-order valence-electron chi connectivity index (χ0n) is 11.9. The van der Waals surface area contributed by atoms with Gasteiger partial charge in [0.1, 0.15) is 0 Å². The predicted molar refractivity (Wildman–Crippen MR) is 85.0 cm³/mol. The monoisotopic (exact) mass is 289 g/mol. The topological polar surface area (TPSA) is 42.2 Å². The van der Waals surface area contributed by atoms with E-state index in [0.717, 1.165) is 29.4 Å². The van der Waals surface area contributed by atoms with E-state index in [-0.39, 0.29) is 6.04 Å². The first-order chi connectivity index (χ1) is 9.61. The number of benzene rings is 1. The van der Waals surface area contributed by atoms with Gasteiger partial charge in [0.2, 0.25) is 0 Å². The van der Waals surface area contributed by atoms with Gasteiger partial charge in [-0.05, 0) is 49.2 Å². The third-order valence-electron chi connectivity index (χ3n) is 3.34. The minimum atomic E-state index is -0.00294. The van der Waals surface area contributed by atoms with Crippen LogP contribution >= 0.6 is 11.6 Å². The number of hydrogen-bond donors (Lipinski definition) is 1. The summed E-state index contributed by atoms with van der Waals surface area (Å²) in [5.74, 6) is 0. The Kier molecular flexibility index (Phi) is 4.99. The molecule has 0 aliphatic carbocycles. The fourth-order valence-electron chi connectivity index (χ4n) is 2.14. The highest BCUT2D eigenvalue weighted by molar-refractivity contribution is 6.33. The van der Waals surface area contributed by atoms with Gasteiger partial charge in [0.15, 0.2) is 0 Å². The molecule has 1 unspecified atom stereocenters. The molecule has 4 heteroatoms. The summed E-state index contributed by atoms with van der Waals surface area (Å²) in [5, 5.41) is 0.746. The molecule has 0 spiro atoms. The normalized spacial score (nSPS) is 12.2. The lowest BCUT2D eigenvalue weighted by Crippen LogP contribution is -2.22. The van der Waals surface area contributed by atoms with Gasteiger partial charge in [-0.15, -0.1) is 0 Å². The van der Waals surface area contributed by atoms with Crippen LogP contribution in [0.3, 0.4) is 0 Å². The second-order valence-corrected chi connectivity index (χ2v) is 5.28. The highest BCUT2D eigenvalue weighted by Crippen LogP contribution is 2.29. The van der Waals surface area contributed by atoms with Crippen LogP contribution in [0.1, 0.15) is 31.0 Å². The van der Waals surface area contributed by atoms with Crippen LogP contribution in [-0.4, -0.2) is 11.5 Å². The largest absolute Gasteiger partial charge is 0.366 e. The Morgan fingerprint density at radius 3 is 2.50 bits per heavy atom. The van der Waals surface area contributed by atoms with Gasteiger partial charge in [-0.2, -0.15) is 0 Å². The van der Waals surface area contributed by atoms with Gasteiger partial charge in [0.25, 0.3) is 0 Å². The molecule has 0 aliphatic rings. The lowest BCUT2D eigenvalue weighted by Gasteiger charge is -2.25. The highest BCUT2D eigenvalue weighted by atomic mass is 35.5. The van der Waals surface area contributed by atoms with E-state index in [1.54, 1.807) is 0 Å². The molecule has 0 aliphatic heterocycles. The van der Waals surface area contributed by atoms with Gasteiger partial charge in [0.05, 0.1) is 10.7 Å². The van der Waals surface area contributed by atoms with Crippen LogP contribution in [-0.2, 0) is 6.54 Å². The molecule has 106 valence electrons. The quantitative estimate of drug-likeness (QED) is 0.911. The van der Waals surface area contributed by atoms with Crippen LogP contribution in [0, 0.1) is 0 Å². The molecule has 3 nitrogen and oxygen atoms in total. The molecule has 20 heavy (non-hydrogen) atoms. The van der Waals surface area contributed by atoms with Crippen molar-refractivity contribution >= 4 is 17.3 Å². The summed E-state index contributed by atoms with van der Waals surface area (Å²) in [6.07, 6.45) is 3.62.